The van der Waals surface area contributed by atoms with Crippen molar-refractivity contribution < 1.29 is 4.74 Å². The van der Waals surface area contributed by atoms with Gasteiger partial charge in [-0.15, -0.1) is 0 Å². The minimum absolute atomic E-state index is 0.518. The molecule has 1 saturated carbocycles. The van der Waals surface area contributed by atoms with E-state index in [1.54, 1.807) is 0 Å². The molecule has 1 aliphatic carbocycles. The molecule has 1 saturated heterocycles. The topological polar surface area (TPSA) is 12.5 Å². The van der Waals surface area contributed by atoms with E-state index >= 15 is 0 Å². The van der Waals surface area contributed by atoms with Crippen LogP contribution in [-0.4, -0.2) is 12.7 Å². The molecule has 1 aromatic rings. The van der Waals surface area contributed by atoms with E-state index in [0.29, 0.717) is 6.10 Å². The Morgan fingerprint density at radius 2 is 1.86 bits per heavy atom. The summed E-state index contributed by atoms with van der Waals surface area (Å²) in [7, 11) is 0. The average molecular weight is 188 g/mol. The third kappa shape index (κ3) is 1.69. The van der Waals surface area contributed by atoms with Gasteiger partial charge in [-0.3, -0.25) is 0 Å². The van der Waals surface area contributed by atoms with Crippen LogP contribution in [-0.2, 0) is 11.2 Å². The summed E-state index contributed by atoms with van der Waals surface area (Å²) in [4.78, 5) is 0. The normalized spacial score (nSPS) is 25.9. The average Bonchev–Trinajstić information content (AvgIpc) is 2.89. The minimum atomic E-state index is 0.518. The minimum Gasteiger partial charge on any atom is -0.373 e. The van der Waals surface area contributed by atoms with Crippen LogP contribution in [0, 0.1) is 0 Å². The molecule has 74 valence electrons. The molecule has 0 radical (unpaired) electrons. The molecule has 1 nitrogen and oxygen atoms in total. The Morgan fingerprint density at radius 1 is 1.14 bits per heavy atom. The maximum absolute atomic E-state index is 5.22. The Bertz CT molecular complexity index is 307. The molecule has 0 aromatic heterocycles. The van der Waals surface area contributed by atoms with Gasteiger partial charge in [0.1, 0.15) is 0 Å². The van der Waals surface area contributed by atoms with Gasteiger partial charge in [-0.25, -0.2) is 0 Å². The van der Waals surface area contributed by atoms with E-state index in [-0.39, 0.29) is 0 Å². The zero-order chi connectivity index (χ0) is 9.38. The van der Waals surface area contributed by atoms with Gasteiger partial charge in [0.25, 0.3) is 0 Å². The lowest BCUT2D eigenvalue weighted by atomic mass is 9.80. The molecule has 3 rings (SSSR count). The van der Waals surface area contributed by atoms with Crippen LogP contribution in [0.25, 0.3) is 0 Å². The molecular formula is C13H16O. The second-order valence-corrected chi connectivity index (χ2v) is 4.53. The first-order valence-electron chi connectivity index (χ1n) is 5.62. The Balaban J connectivity index is 1.69. The van der Waals surface area contributed by atoms with E-state index in [1.807, 2.05) is 0 Å². The van der Waals surface area contributed by atoms with Gasteiger partial charge >= 0.3 is 0 Å². The first-order valence-corrected chi connectivity index (χ1v) is 5.62. The Hall–Kier alpha value is -0.820. The van der Waals surface area contributed by atoms with Gasteiger partial charge in [0.2, 0.25) is 0 Å². The number of hydrogen-bond acceptors (Lipinski definition) is 1. The van der Waals surface area contributed by atoms with Crippen molar-refractivity contribution >= 4 is 0 Å². The van der Waals surface area contributed by atoms with E-state index in [9.17, 15) is 0 Å². The first-order chi connectivity index (χ1) is 6.92. The molecule has 1 heterocycles. The van der Waals surface area contributed by atoms with Gasteiger partial charge < -0.3 is 4.74 Å². The van der Waals surface area contributed by atoms with Crippen molar-refractivity contribution in [1.29, 1.82) is 0 Å². The second kappa shape index (κ2) is 3.39. The summed E-state index contributed by atoms with van der Waals surface area (Å²) in [6, 6.07) is 9.16. The summed E-state index contributed by atoms with van der Waals surface area (Å²) in [5.74, 6) is 0.862. The maximum atomic E-state index is 5.22. The van der Waals surface area contributed by atoms with Crippen LogP contribution in [0.15, 0.2) is 24.3 Å². The molecule has 1 unspecified atom stereocenters. The summed E-state index contributed by atoms with van der Waals surface area (Å²) >= 11 is 0. The van der Waals surface area contributed by atoms with Crippen molar-refractivity contribution in [2.75, 3.05) is 6.61 Å². The van der Waals surface area contributed by atoms with Crippen LogP contribution in [0.4, 0.5) is 0 Å². The SMILES string of the molecule is c1cc(C2CCC2)ccc1CC1CO1. The smallest absolute Gasteiger partial charge is 0.0850 e. The van der Waals surface area contributed by atoms with Gasteiger partial charge in [-0.05, 0) is 29.9 Å². The van der Waals surface area contributed by atoms with Crippen molar-refractivity contribution in [2.24, 2.45) is 0 Å². The molecule has 14 heavy (non-hydrogen) atoms. The summed E-state index contributed by atoms with van der Waals surface area (Å²) in [6.45, 7) is 0.963. The predicted octanol–water partition coefficient (Wildman–Crippen LogP) is 2.90. The second-order valence-electron chi connectivity index (χ2n) is 4.53. The lowest BCUT2D eigenvalue weighted by Gasteiger charge is -2.25. The fourth-order valence-corrected chi connectivity index (χ4v) is 2.12. The highest BCUT2D eigenvalue weighted by Crippen LogP contribution is 2.36. The number of epoxide rings is 1. The van der Waals surface area contributed by atoms with E-state index in [0.717, 1.165) is 18.9 Å². The largest absolute Gasteiger partial charge is 0.373 e. The Labute approximate surface area is 85.1 Å². The standard InChI is InChI=1S/C13H16O/c1-2-11(3-1)12-6-4-10(5-7-12)8-13-9-14-13/h4-7,11,13H,1-3,8-9H2. The molecule has 2 fully saturated rings. The van der Waals surface area contributed by atoms with Crippen molar-refractivity contribution in [3.8, 4) is 0 Å². The van der Waals surface area contributed by atoms with Crippen LogP contribution in [0.3, 0.4) is 0 Å². The fourth-order valence-electron chi connectivity index (χ4n) is 2.12. The first kappa shape index (κ1) is 8.49. The number of benzene rings is 1. The maximum Gasteiger partial charge on any atom is 0.0850 e. The van der Waals surface area contributed by atoms with Crippen LogP contribution in [0.5, 0.6) is 0 Å². The van der Waals surface area contributed by atoms with Crippen molar-refractivity contribution in [1.82, 2.24) is 0 Å². The van der Waals surface area contributed by atoms with E-state index in [2.05, 4.69) is 24.3 Å². The van der Waals surface area contributed by atoms with Gasteiger partial charge in [0.05, 0.1) is 12.7 Å². The van der Waals surface area contributed by atoms with Crippen molar-refractivity contribution in [3.05, 3.63) is 35.4 Å². The molecule has 1 aromatic carbocycles. The van der Waals surface area contributed by atoms with E-state index in [4.69, 9.17) is 4.74 Å². The summed E-state index contributed by atoms with van der Waals surface area (Å²) in [5.41, 5.74) is 2.97. The highest BCUT2D eigenvalue weighted by molar-refractivity contribution is 5.27. The van der Waals surface area contributed by atoms with Crippen molar-refractivity contribution in [3.63, 3.8) is 0 Å². The summed E-state index contributed by atoms with van der Waals surface area (Å²) in [6.07, 6.45) is 5.83. The zero-order valence-corrected chi connectivity index (χ0v) is 8.41. The third-order valence-corrected chi connectivity index (χ3v) is 3.42. The van der Waals surface area contributed by atoms with Gasteiger partial charge in [-0.1, -0.05) is 30.7 Å². The molecular weight excluding hydrogens is 172 g/mol. The molecule has 1 heteroatoms. The third-order valence-electron chi connectivity index (χ3n) is 3.42. The Kier molecular flexibility index (Phi) is 2.06. The van der Waals surface area contributed by atoms with Crippen LogP contribution < -0.4 is 0 Å². The molecule has 0 spiro atoms. The van der Waals surface area contributed by atoms with E-state index in [1.165, 1.54) is 30.4 Å². The molecule has 1 atom stereocenters. The predicted molar refractivity (Wildman–Crippen MR) is 56.5 cm³/mol. The van der Waals surface area contributed by atoms with Gasteiger partial charge in [0.15, 0.2) is 0 Å². The zero-order valence-electron chi connectivity index (χ0n) is 8.41. The van der Waals surface area contributed by atoms with Gasteiger partial charge in [-0.2, -0.15) is 0 Å². The Morgan fingerprint density at radius 3 is 2.36 bits per heavy atom. The summed E-state index contributed by atoms with van der Waals surface area (Å²) < 4.78 is 5.22. The molecule has 1 aliphatic heterocycles. The van der Waals surface area contributed by atoms with Crippen LogP contribution in [0.2, 0.25) is 0 Å². The van der Waals surface area contributed by atoms with E-state index < -0.39 is 0 Å². The number of rotatable bonds is 3. The molecule has 0 amide bonds. The van der Waals surface area contributed by atoms with Crippen molar-refractivity contribution in [2.45, 2.75) is 37.7 Å². The van der Waals surface area contributed by atoms with Crippen LogP contribution >= 0.6 is 0 Å². The number of hydrogen-bond donors (Lipinski definition) is 0. The lowest BCUT2D eigenvalue weighted by Crippen LogP contribution is -2.08. The fraction of sp³-hybridized carbons (Fsp3) is 0.538. The molecule has 2 aliphatic rings. The van der Waals surface area contributed by atoms with Crippen LogP contribution in [0.1, 0.15) is 36.3 Å². The molecule has 0 bridgehead atoms. The summed E-state index contributed by atoms with van der Waals surface area (Å²) in [5, 5.41) is 0. The molecule has 0 N–H and O–H groups in total. The quantitative estimate of drug-likeness (QED) is 0.664. The van der Waals surface area contributed by atoms with Gasteiger partial charge in [0, 0.05) is 6.42 Å². The highest BCUT2D eigenvalue weighted by atomic mass is 16.6. The monoisotopic (exact) mass is 188 g/mol. The lowest BCUT2D eigenvalue weighted by molar-refractivity contribution is 0.407. The number of ether oxygens (including phenoxy) is 1. The highest BCUT2D eigenvalue weighted by Gasteiger charge is 2.23.